The Morgan fingerprint density at radius 2 is 1.58 bits per heavy atom. The van der Waals surface area contributed by atoms with Crippen LogP contribution in [-0.4, -0.2) is 34.5 Å². The Bertz CT molecular complexity index is 1520. The average molecular weight is 561 g/mol. The molecule has 1 aromatic carbocycles. The van der Waals surface area contributed by atoms with Crippen molar-refractivity contribution in [2.45, 2.75) is 12.4 Å². The summed E-state index contributed by atoms with van der Waals surface area (Å²) in [5.74, 6) is -2.39. The number of nitrogens with two attached hydrogens (primary N) is 1. The number of carbonyl (C=O) groups excluding carboxylic acids is 2. The van der Waals surface area contributed by atoms with E-state index in [0.29, 0.717) is 22.9 Å². The molecule has 0 unspecified atom stereocenters. The first-order valence-electron chi connectivity index (χ1n) is 10.5. The van der Waals surface area contributed by atoms with Gasteiger partial charge in [-0.1, -0.05) is 11.6 Å². The average Bonchev–Trinajstić information content (AvgIpc) is 3.09. The van der Waals surface area contributed by atoms with Crippen molar-refractivity contribution in [2.24, 2.45) is 0 Å². The molecule has 0 saturated heterocycles. The molecular weight excluding hydrogens is 546 g/mol. The van der Waals surface area contributed by atoms with Crippen LogP contribution < -0.4 is 27.2 Å². The van der Waals surface area contributed by atoms with Crippen molar-refractivity contribution >= 4 is 40.7 Å². The molecule has 1 aliphatic rings. The zero-order valence-corrected chi connectivity index (χ0v) is 19.5. The van der Waals surface area contributed by atoms with Gasteiger partial charge >= 0.3 is 12.4 Å². The summed E-state index contributed by atoms with van der Waals surface area (Å²) >= 11 is 5.84. The molecule has 3 heterocycles. The van der Waals surface area contributed by atoms with Crippen LogP contribution in [0.3, 0.4) is 0 Å². The van der Waals surface area contributed by atoms with Crippen molar-refractivity contribution in [3.8, 4) is 5.69 Å². The molecule has 1 aliphatic heterocycles. The minimum absolute atomic E-state index is 0.00948. The third-order valence-corrected chi connectivity index (χ3v) is 5.71. The molecule has 200 valence electrons. The number of nitrogen functional groups attached to an aromatic ring is 1. The Kier molecular flexibility index (Phi) is 6.73. The van der Waals surface area contributed by atoms with Crippen LogP contribution in [0.15, 0.2) is 41.3 Å². The number of halogens is 7. The molecule has 0 radical (unpaired) electrons. The van der Waals surface area contributed by atoms with E-state index in [1.807, 2.05) is 5.32 Å². The maximum atomic E-state index is 13.4. The van der Waals surface area contributed by atoms with Gasteiger partial charge in [-0.2, -0.15) is 26.3 Å². The van der Waals surface area contributed by atoms with Crippen LogP contribution in [0.25, 0.3) is 5.69 Å². The second kappa shape index (κ2) is 9.55. The van der Waals surface area contributed by atoms with E-state index in [9.17, 15) is 40.7 Å². The number of alkyl halides is 6. The summed E-state index contributed by atoms with van der Waals surface area (Å²) in [6.07, 6.45) is -8.84. The summed E-state index contributed by atoms with van der Waals surface area (Å²) in [4.78, 5) is 40.4. The van der Waals surface area contributed by atoms with Crippen LogP contribution in [0.2, 0.25) is 5.02 Å². The zero-order valence-electron chi connectivity index (χ0n) is 18.7. The smallest absolute Gasteiger partial charge is 0.384 e. The Morgan fingerprint density at radius 1 is 0.921 bits per heavy atom. The summed E-state index contributed by atoms with van der Waals surface area (Å²) in [7, 11) is 0. The van der Waals surface area contributed by atoms with Crippen molar-refractivity contribution in [3.63, 3.8) is 0 Å². The third kappa shape index (κ3) is 5.09. The maximum absolute atomic E-state index is 13.4. The standard InChI is InChI=1S/C22H15ClF6N6O3/c23-12-5-10(22(27,28)29)8-33-18(12)32-4-3-31-13-2-1-9(21(24,25)26)6-14(13)35-15(36)7-11-16(17(35)30)20(38)34-19(11)37/h1-2,5-8,31H,3-4,30H2,(H,32,33)(H,34,37,38). The van der Waals surface area contributed by atoms with E-state index in [0.717, 1.165) is 18.2 Å². The maximum Gasteiger partial charge on any atom is 0.417 e. The Labute approximate surface area is 213 Å². The summed E-state index contributed by atoms with van der Waals surface area (Å²) in [5.41, 5.74) is 1.80. The topological polar surface area (TPSA) is 131 Å². The number of nitrogens with zero attached hydrogens (tertiary/aromatic N) is 2. The fraction of sp³-hybridized carbons (Fsp3) is 0.182. The van der Waals surface area contributed by atoms with E-state index < -0.39 is 46.7 Å². The second-order valence-corrected chi connectivity index (χ2v) is 8.32. The molecule has 2 amide bonds. The largest absolute Gasteiger partial charge is 0.417 e. The van der Waals surface area contributed by atoms with Crippen molar-refractivity contribution in [2.75, 3.05) is 29.5 Å². The molecule has 2 aromatic heterocycles. The van der Waals surface area contributed by atoms with Gasteiger partial charge in [-0.3, -0.25) is 24.3 Å². The van der Waals surface area contributed by atoms with Gasteiger partial charge < -0.3 is 16.4 Å². The van der Waals surface area contributed by atoms with Gasteiger partial charge in [-0.25, -0.2) is 4.98 Å². The highest BCUT2D eigenvalue weighted by Gasteiger charge is 2.35. The summed E-state index contributed by atoms with van der Waals surface area (Å²) in [6.45, 7) is -0.0417. The van der Waals surface area contributed by atoms with E-state index in [1.54, 1.807) is 0 Å². The highest BCUT2D eigenvalue weighted by atomic mass is 35.5. The molecule has 0 aliphatic carbocycles. The third-order valence-electron chi connectivity index (χ3n) is 5.42. The molecule has 16 heteroatoms. The molecule has 5 N–H and O–H groups in total. The van der Waals surface area contributed by atoms with E-state index in [2.05, 4.69) is 15.6 Å². The summed E-state index contributed by atoms with van der Waals surface area (Å²) in [6, 6.07) is 3.89. The normalized spacial score (nSPS) is 13.3. The van der Waals surface area contributed by atoms with Crippen molar-refractivity contribution < 1.29 is 35.9 Å². The quantitative estimate of drug-likeness (QED) is 0.204. The molecule has 0 atom stereocenters. The van der Waals surface area contributed by atoms with Gasteiger partial charge in [-0.15, -0.1) is 0 Å². The van der Waals surface area contributed by atoms with Crippen LogP contribution in [0, 0.1) is 0 Å². The van der Waals surface area contributed by atoms with Gasteiger partial charge in [0.15, 0.2) is 0 Å². The lowest BCUT2D eigenvalue weighted by atomic mass is 10.1. The molecule has 3 aromatic rings. The molecule has 0 fully saturated rings. The number of amides is 2. The van der Waals surface area contributed by atoms with Crippen LogP contribution >= 0.6 is 11.6 Å². The Balaban J connectivity index is 1.63. The number of anilines is 3. The van der Waals surface area contributed by atoms with E-state index in [4.69, 9.17) is 17.3 Å². The van der Waals surface area contributed by atoms with Crippen molar-refractivity contribution in [1.82, 2.24) is 14.9 Å². The summed E-state index contributed by atoms with van der Waals surface area (Å²) < 4.78 is 79.3. The number of hydrogen-bond donors (Lipinski definition) is 4. The first-order valence-corrected chi connectivity index (χ1v) is 10.9. The lowest BCUT2D eigenvalue weighted by Crippen LogP contribution is -2.26. The summed E-state index contributed by atoms with van der Waals surface area (Å²) in [5, 5.41) is 7.14. The minimum Gasteiger partial charge on any atom is -0.384 e. The van der Waals surface area contributed by atoms with E-state index in [1.165, 1.54) is 0 Å². The number of hydrogen-bond acceptors (Lipinski definition) is 7. The first kappa shape index (κ1) is 26.8. The van der Waals surface area contributed by atoms with Crippen LogP contribution in [0.4, 0.5) is 43.7 Å². The number of rotatable bonds is 6. The number of aromatic nitrogens is 2. The molecule has 0 bridgehead atoms. The predicted molar refractivity (Wildman–Crippen MR) is 124 cm³/mol. The molecule has 0 saturated carbocycles. The Morgan fingerprint density at radius 3 is 2.21 bits per heavy atom. The van der Waals surface area contributed by atoms with Gasteiger partial charge in [0.25, 0.3) is 17.4 Å². The molecular formula is C22H15ClF6N6O3. The fourth-order valence-electron chi connectivity index (χ4n) is 3.67. The van der Waals surface area contributed by atoms with Gasteiger partial charge in [0.2, 0.25) is 0 Å². The van der Waals surface area contributed by atoms with Crippen molar-refractivity contribution in [3.05, 3.63) is 74.2 Å². The minimum atomic E-state index is -4.79. The number of imide groups is 1. The highest BCUT2D eigenvalue weighted by molar-refractivity contribution is 6.33. The fourth-order valence-corrected chi connectivity index (χ4v) is 3.90. The van der Waals surface area contributed by atoms with Crippen molar-refractivity contribution in [1.29, 1.82) is 0 Å². The Hall–Kier alpha value is -4.27. The number of pyridine rings is 2. The van der Waals surface area contributed by atoms with Gasteiger partial charge in [0.05, 0.1) is 38.7 Å². The predicted octanol–water partition coefficient (Wildman–Crippen LogP) is 3.91. The number of carbonyl (C=O) groups is 2. The monoisotopic (exact) mass is 560 g/mol. The zero-order chi connectivity index (χ0) is 28.0. The van der Waals surface area contributed by atoms with Gasteiger partial charge in [0, 0.05) is 25.4 Å². The molecule has 38 heavy (non-hydrogen) atoms. The first-order chi connectivity index (χ1) is 17.7. The van der Waals surface area contributed by atoms with E-state index >= 15 is 0 Å². The lowest BCUT2D eigenvalue weighted by molar-refractivity contribution is -0.138. The van der Waals surface area contributed by atoms with Crippen LogP contribution in [-0.2, 0) is 12.4 Å². The molecule has 0 spiro atoms. The molecule has 4 rings (SSSR count). The molecule has 9 nitrogen and oxygen atoms in total. The lowest BCUT2D eigenvalue weighted by Gasteiger charge is -2.19. The number of nitrogens with one attached hydrogen (secondary N) is 3. The number of fused-ring (bicyclic) bond motifs is 1. The SMILES string of the molecule is Nc1c2c(cc(=O)n1-c1cc(C(F)(F)F)ccc1NCCNc1ncc(C(F)(F)F)cc1Cl)C(=O)NC2=O. The van der Waals surface area contributed by atoms with Gasteiger partial charge in [-0.05, 0) is 24.3 Å². The van der Waals surface area contributed by atoms with Gasteiger partial charge in [0.1, 0.15) is 11.6 Å². The highest BCUT2D eigenvalue weighted by Crippen LogP contribution is 2.35. The second-order valence-electron chi connectivity index (χ2n) is 7.91. The van der Waals surface area contributed by atoms with Crippen LogP contribution in [0.5, 0.6) is 0 Å². The van der Waals surface area contributed by atoms with E-state index in [-0.39, 0.29) is 46.4 Å². The number of benzene rings is 1. The van der Waals surface area contributed by atoms with Crippen LogP contribution in [0.1, 0.15) is 31.8 Å².